The van der Waals surface area contributed by atoms with Crippen LogP contribution in [-0.2, 0) is 11.1 Å². The van der Waals surface area contributed by atoms with Crippen LogP contribution in [0.3, 0.4) is 0 Å². The van der Waals surface area contributed by atoms with Crippen molar-refractivity contribution in [3.05, 3.63) is 93.9 Å². The summed E-state index contributed by atoms with van der Waals surface area (Å²) in [7, 11) is -0.801. The van der Waals surface area contributed by atoms with Crippen LogP contribution in [0.25, 0.3) is 0 Å². The Kier molecular flexibility index (Phi) is 5.52. The molecule has 3 nitrogen and oxygen atoms in total. The second-order valence-electron chi connectivity index (χ2n) is 7.99. The first-order valence-corrected chi connectivity index (χ1v) is 11.5. The molecule has 1 aliphatic carbocycles. The molecule has 0 saturated carbocycles. The fourth-order valence-electron chi connectivity index (χ4n) is 4.07. The van der Waals surface area contributed by atoms with Crippen molar-refractivity contribution < 1.29 is 9.63 Å². The minimum atomic E-state index is -0.801. The van der Waals surface area contributed by atoms with Crippen LogP contribution in [-0.4, -0.2) is 16.3 Å². The molecular formula is C25H28NO2P. The predicted molar refractivity (Wildman–Crippen MR) is 121 cm³/mol. The average molecular weight is 405 g/mol. The summed E-state index contributed by atoms with van der Waals surface area (Å²) < 4.78 is 6.60. The standard InChI is InChI=1S/C25H28NO2P/c1-17-10-11-23-25(20(4)12-17)28-29(22-8-6-5-7-9-22)16-26(23)15-21-14-18(2)13-19(3)24(21)27/h5-10,12-14,27H,11,15-16H2,1-4H3. The van der Waals surface area contributed by atoms with E-state index in [0.29, 0.717) is 12.3 Å². The summed E-state index contributed by atoms with van der Waals surface area (Å²) in [6.07, 6.45) is 6.14. The van der Waals surface area contributed by atoms with Gasteiger partial charge in [-0.2, -0.15) is 0 Å². The number of phenolic OH excluding ortho intramolecular Hbond substituents is 1. The van der Waals surface area contributed by atoms with Crippen LogP contribution in [0.4, 0.5) is 0 Å². The molecule has 0 amide bonds. The molecule has 0 fully saturated rings. The summed E-state index contributed by atoms with van der Waals surface area (Å²) in [6.45, 7) is 9.01. The lowest BCUT2D eigenvalue weighted by molar-refractivity contribution is 0.310. The van der Waals surface area contributed by atoms with Crippen LogP contribution in [0.1, 0.15) is 37.0 Å². The largest absolute Gasteiger partial charge is 0.507 e. The molecule has 1 atom stereocenters. The highest BCUT2D eigenvalue weighted by Gasteiger charge is 2.31. The van der Waals surface area contributed by atoms with Crippen LogP contribution in [0.5, 0.6) is 5.75 Å². The van der Waals surface area contributed by atoms with Gasteiger partial charge in [0, 0.05) is 23.8 Å². The van der Waals surface area contributed by atoms with Crippen molar-refractivity contribution in [1.82, 2.24) is 4.90 Å². The van der Waals surface area contributed by atoms with Gasteiger partial charge in [0.05, 0.1) is 12.0 Å². The van der Waals surface area contributed by atoms with E-state index < -0.39 is 8.15 Å². The lowest BCUT2D eigenvalue weighted by atomic mass is 10.0. The van der Waals surface area contributed by atoms with Gasteiger partial charge in [-0.3, -0.25) is 0 Å². The van der Waals surface area contributed by atoms with E-state index in [2.05, 4.69) is 68.2 Å². The highest BCUT2D eigenvalue weighted by Crippen LogP contribution is 2.49. The molecule has 1 unspecified atom stereocenters. The van der Waals surface area contributed by atoms with E-state index in [0.717, 1.165) is 29.6 Å². The first-order chi connectivity index (χ1) is 13.9. The van der Waals surface area contributed by atoms with Crippen molar-refractivity contribution >= 4 is 13.5 Å². The van der Waals surface area contributed by atoms with Gasteiger partial charge < -0.3 is 14.5 Å². The highest BCUT2D eigenvalue weighted by atomic mass is 31.1. The topological polar surface area (TPSA) is 32.7 Å². The SMILES string of the molecule is CC1=CCC2=C(OP(c3ccccc3)CN2Cc2cc(C)cc(C)c2O)C(C)=C1. The first kappa shape index (κ1) is 19.8. The Labute approximate surface area is 174 Å². The number of aromatic hydroxyl groups is 1. The van der Waals surface area contributed by atoms with E-state index in [1.54, 1.807) is 0 Å². The number of nitrogens with zero attached hydrogens (tertiary/aromatic N) is 1. The molecule has 0 saturated heterocycles. The molecule has 1 heterocycles. The number of benzene rings is 2. The van der Waals surface area contributed by atoms with Crippen molar-refractivity contribution in [2.24, 2.45) is 0 Å². The van der Waals surface area contributed by atoms with Crippen LogP contribution < -0.4 is 5.30 Å². The molecule has 4 rings (SSSR count). The van der Waals surface area contributed by atoms with Gasteiger partial charge in [-0.15, -0.1) is 0 Å². The third kappa shape index (κ3) is 4.11. The van der Waals surface area contributed by atoms with Gasteiger partial charge >= 0.3 is 0 Å². The quantitative estimate of drug-likeness (QED) is 0.633. The summed E-state index contributed by atoms with van der Waals surface area (Å²) in [5, 5.41) is 11.9. The maximum Gasteiger partial charge on any atom is 0.146 e. The van der Waals surface area contributed by atoms with E-state index in [9.17, 15) is 5.11 Å². The van der Waals surface area contributed by atoms with Gasteiger partial charge in [0.15, 0.2) is 0 Å². The van der Waals surface area contributed by atoms with E-state index >= 15 is 0 Å². The van der Waals surface area contributed by atoms with Crippen molar-refractivity contribution in [2.45, 2.75) is 40.7 Å². The lowest BCUT2D eigenvalue weighted by Crippen LogP contribution is -2.31. The van der Waals surface area contributed by atoms with E-state index in [-0.39, 0.29) is 0 Å². The Hall–Kier alpha value is -2.51. The molecule has 4 heteroatoms. The van der Waals surface area contributed by atoms with Gasteiger partial charge in [-0.1, -0.05) is 65.8 Å². The van der Waals surface area contributed by atoms with Gasteiger partial charge in [0.2, 0.25) is 0 Å². The third-order valence-electron chi connectivity index (χ3n) is 5.49. The van der Waals surface area contributed by atoms with Crippen molar-refractivity contribution in [3.63, 3.8) is 0 Å². The summed E-state index contributed by atoms with van der Waals surface area (Å²) in [5.74, 6) is 1.41. The molecule has 1 N–H and O–H groups in total. The van der Waals surface area contributed by atoms with Crippen LogP contribution in [0.15, 0.2) is 77.2 Å². The van der Waals surface area contributed by atoms with Gasteiger partial charge in [-0.05, 0) is 38.8 Å². The lowest BCUT2D eigenvalue weighted by Gasteiger charge is -2.38. The normalized spacial score (nSPS) is 19.2. The number of phenols is 1. The van der Waals surface area contributed by atoms with Crippen molar-refractivity contribution in [3.8, 4) is 5.75 Å². The van der Waals surface area contributed by atoms with Gasteiger partial charge in [-0.25, -0.2) is 0 Å². The van der Waals surface area contributed by atoms with Crippen LogP contribution in [0.2, 0.25) is 0 Å². The summed E-state index contributed by atoms with van der Waals surface area (Å²) in [4.78, 5) is 2.41. The first-order valence-electron chi connectivity index (χ1n) is 10.1. The Balaban J connectivity index is 1.76. The molecule has 2 aromatic carbocycles. The van der Waals surface area contributed by atoms with Gasteiger partial charge in [0.25, 0.3) is 0 Å². The molecule has 1 aliphatic heterocycles. The van der Waals surface area contributed by atoms with Gasteiger partial charge in [0.1, 0.15) is 19.7 Å². The molecule has 0 spiro atoms. The molecule has 2 aliphatic rings. The monoisotopic (exact) mass is 405 g/mol. The van der Waals surface area contributed by atoms with E-state index in [4.69, 9.17) is 4.52 Å². The zero-order valence-electron chi connectivity index (χ0n) is 17.6. The minimum Gasteiger partial charge on any atom is -0.507 e. The molecule has 29 heavy (non-hydrogen) atoms. The second kappa shape index (κ2) is 8.08. The fraction of sp³-hybridized carbons (Fsp3) is 0.280. The molecule has 0 bridgehead atoms. The Morgan fingerprint density at radius 3 is 2.59 bits per heavy atom. The summed E-state index contributed by atoms with van der Waals surface area (Å²) >= 11 is 0. The summed E-state index contributed by atoms with van der Waals surface area (Å²) in [6, 6.07) is 14.6. The predicted octanol–water partition coefficient (Wildman–Crippen LogP) is 6.03. The van der Waals surface area contributed by atoms with E-state index in [1.165, 1.54) is 27.7 Å². The second-order valence-corrected chi connectivity index (χ2v) is 9.73. The summed E-state index contributed by atoms with van der Waals surface area (Å²) in [5.41, 5.74) is 6.73. The van der Waals surface area contributed by atoms with Crippen LogP contribution >= 0.6 is 8.15 Å². The molecule has 2 aromatic rings. The zero-order valence-corrected chi connectivity index (χ0v) is 18.5. The number of hydrogen-bond donors (Lipinski definition) is 1. The fourth-order valence-corrected chi connectivity index (χ4v) is 5.95. The third-order valence-corrected chi connectivity index (χ3v) is 7.37. The molecule has 0 radical (unpaired) electrons. The van der Waals surface area contributed by atoms with Crippen LogP contribution in [0, 0.1) is 13.8 Å². The average Bonchev–Trinajstić information content (AvgIpc) is 2.84. The Morgan fingerprint density at radius 1 is 1.07 bits per heavy atom. The maximum atomic E-state index is 10.7. The van der Waals surface area contributed by atoms with Crippen molar-refractivity contribution in [2.75, 3.05) is 6.29 Å². The zero-order chi connectivity index (χ0) is 20.5. The Morgan fingerprint density at radius 2 is 1.83 bits per heavy atom. The number of rotatable bonds is 3. The van der Waals surface area contributed by atoms with Crippen molar-refractivity contribution in [1.29, 1.82) is 0 Å². The smallest absolute Gasteiger partial charge is 0.146 e. The van der Waals surface area contributed by atoms with E-state index in [1.807, 2.05) is 19.1 Å². The number of hydrogen-bond acceptors (Lipinski definition) is 3. The highest BCUT2D eigenvalue weighted by molar-refractivity contribution is 7.61. The number of aryl methyl sites for hydroxylation is 2. The molecular weight excluding hydrogens is 377 g/mol. The maximum absolute atomic E-state index is 10.7. The minimum absolute atomic E-state index is 0.404. The molecule has 150 valence electrons. The Bertz CT molecular complexity index is 1020. The molecule has 0 aromatic heterocycles. The number of allylic oxidation sites excluding steroid dienone is 4.